The summed E-state index contributed by atoms with van der Waals surface area (Å²) in [5.74, 6) is 0.0658. The first kappa shape index (κ1) is 18.1. The summed E-state index contributed by atoms with van der Waals surface area (Å²) in [6, 6.07) is 5.27. The first-order valence-electron chi connectivity index (χ1n) is 10.4. The predicted octanol–water partition coefficient (Wildman–Crippen LogP) is 3.38. The first-order valence-corrected chi connectivity index (χ1v) is 10.4. The standard InChI is InChI=1S/C22H26F2N4/c1-2-19-25-10-14(11-26-19)12-28-13-17(16-4-3-5-18(23)20(16)24)22-21(28)15-6-8-27(22)9-7-15/h3-5,10-11,15,17,21-22H,2,6-9,12-13H2,1H3/t17-,21+,22+/m1/s1. The molecule has 1 aromatic carbocycles. The number of hydrogen-bond acceptors (Lipinski definition) is 4. The molecule has 0 amide bonds. The van der Waals surface area contributed by atoms with E-state index in [1.165, 1.54) is 18.9 Å². The van der Waals surface area contributed by atoms with Crippen molar-refractivity contribution in [2.24, 2.45) is 5.92 Å². The molecule has 2 aromatic rings. The fraction of sp³-hybridized carbons (Fsp3) is 0.545. The normalized spacial score (nSPS) is 31.9. The Hall–Kier alpha value is -1.92. The van der Waals surface area contributed by atoms with Gasteiger partial charge in [0.15, 0.2) is 11.6 Å². The molecule has 1 aromatic heterocycles. The molecule has 6 rings (SSSR count). The van der Waals surface area contributed by atoms with Gasteiger partial charge in [0.2, 0.25) is 0 Å². The molecule has 4 aliphatic rings. The van der Waals surface area contributed by atoms with E-state index in [9.17, 15) is 8.78 Å². The average Bonchev–Trinajstić information content (AvgIpc) is 3.13. The molecule has 5 heterocycles. The zero-order valence-corrected chi connectivity index (χ0v) is 16.2. The largest absolute Gasteiger partial charge is 0.298 e. The number of nitrogens with zero attached hydrogens (tertiary/aromatic N) is 4. The SMILES string of the molecule is CCc1ncc(CN2C[C@H](c3cccc(F)c3F)[C@H]3[C@@H]2C2CCN3CC2)cn1. The van der Waals surface area contributed by atoms with E-state index in [0.717, 1.165) is 44.0 Å². The van der Waals surface area contributed by atoms with Crippen molar-refractivity contribution in [1.29, 1.82) is 0 Å². The van der Waals surface area contributed by atoms with Gasteiger partial charge in [-0.25, -0.2) is 18.7 Å². The van der Waals surface area contributed by atoms with Crippen LogP contribution in [0.5, 0.6) is 0 Å². The molecule has 0 aliphatic carbocycles. The topological polar surface area (TPSA) is 32.3 Å². The summed E-state index contributed by atoms with van der Waals surface area (Å²) >= 11 is 0. The summed E-state index contributed by atoms with van der Waals surface area (Å²) in [6.45, 7) is 5.70. The molecule has 4 nitrogen and oxygen atoms in total. The number of fused-ring (bicyclic) bond motifs is 2. The highest BCUT2D eigenvalue weighted by atomic mass is 19.2. The number of rotatable bonds is 4. The monoisotopic (exact) mass is 384 g/mol. The molecule has 28 heavy (non-hydrogen) atoms. The molecular formula is C22H26F2N4. The Morgan fingerprint density at radius 1 is 1.07 bits per heavy atom. The smallest absolute Gasteiger partial charge is 0.162 e. The quantitative estimate of drug-likeness (QED) is 0.809. The third-order valence-electron chi connectivity index (χ3n) is 6.94. The van der Waals surface area contributed by atoms with Gasteiger partial charge in [0.25, 0.3) is 0 Å². The minimum Gasteiger partial charge on any atom is -0.298 e. The van der Waals surface area contributed by atoms with Crippen molar-refractivity contribution in [2.45, 2.75) is 50.7 Å². The lowest BCUT2D eigenvalue weighted by Crippen LogP contribution is -2.60. The van der Waals surface area contributed by atoms with Gasteiger partial charge < -0.3 is 0 Å². The predicted molar refractivity (Wildman–Crippen MR) is 103 cm³/mol. The fourth-order valence-electron chi connectivity index (χ4n) is 5.68. The summed E-state index contributed by atoms with van der Waals surface area (Å²) in [5.41, 5.74) is 1.62. The fourth-order valence-corrected chi connectivity index (χ4v) is 5.68. The first-order chi connectivity index (χ1) is 13.7. The van der Waals surface area contributed by atoms with Gasteiger partial charge in [0.1, 0.15) is 5.82 Å². The van der Waals surface area contributed by atoms with Gasteiger partial charge in [-0.3, -0.25) is 9.80 Å². The number of halogens is 2. The van der Waals surface area contributed by atoms with E-state index in [-0.39, 0.29) is 12.0 Å². The highest BCUT2D eigenvalue weighted by Crippen LogP contribution is 2.47. The van der Waals surface area contributed by atoms with Crippen molar-refractivity contribution >= 4 is 0 Å². The van der Waals surface area contributed by atoms with Gasteiger partial charge in [0, 0.05) is 55.5 Å². The highest BCUT2D eigenvalue weighted by Gasteiger charge is 2.53. The molecule has 3 atom stereocenters. The average molecular weight is 384 g/mol. The summed E-state index contributed by atoms with van der Waals surface area (Å²) < 4.78 is 28.6. The van der Waals surface area contributed by atoms with E-state index >= 15 is 0 Å². The molecule has 0 unspecified atom stereocenters. The van der Waals surface area contributed by atoms with Crippen LogP contribution in [0.3, 0.4) is 0 Å². The summed E-state index contributed by atoms with van der Waals surface area (Å²) in [6.07, 6.45) is 7.05. The number of likely N-dealkylation sites (tertiary alicyclic amines) is 1. The van der Waals surface area contributed by atoms with Crippen LogP contribution in [-0.2, 0) is 13.0 Å². The maximum Gasteiger partial charge on any atom is 0.162 e. The van der Waals surface area contributed by atoms with Crippen LogP contribution in [-0.4, -0.2) is 51.5 Å². The second kappa shape index (κ2) is 7.16. The zero-order valence-electron chi connectivity index (χ0n) is 16.2. The third-order valence-corrected chi connectivity index (χ3v) is 6.94. The van der Waals surface area contributed by atoms with Crippen molar-refractivity contribution < 1.29 is 8.78 Å². The Morgan fingerprint density at radius 2 is 1.82 bits per heavy atom. The molecule has 4 saturated heterocycles. The Labute approximate surface area is 164 Å². The third kappa shape index (κ3) is 2.94. The van der Waals surface area contributed by atoms with Crippen molar-refractivity contribution in [3.63, 3.8) is 0 Å². The van der Waals surface area contributed by atoms with Crippen LogP contribution in [0.15, 0.2) is 30.6 Å². The Kier molecular flexibility index (Phi) is 4.63. The summed E-state index contributed by atoms with van der Waals surface area (Å²) in [5, 5.41) is 0. The molecule has 0 N–H and O–H groups in total. The van der Waals surface area contributed by atoms with Crippen molar-refractivity contribution in [3.8, 4) is 0 Å². The van der Waals surface area contributed by atoms with E-state index in [2.05, 4.69) is 19.8 Å². The van der Waals surface area contributed by atoms with Crippen molar-refractivity contribution in [2.75, 3.05) is 19.6 Å². The second-order valence-electron chi connectivity index (χ2n) is 8.39. The molecule has 0 spiro atoms. The van der Waals surface area contributed by atoms with E-state index < -0.39 is 11.6 Å². The molecule has 4 aliphatic heterocycles. The van der Waals surface area contributed by atoms with Crippen molar-refractivity contribution in [1.82, 2.24) is 19.8 Å². The number of benzene rings is 1. The molecule has 148 valence electrons. The highest BCUT2D eigenvalue weighted by molar-refractivity contribution is 5.29. The van der Waals surface area contributed by atoms with Crippen LogP contribution in [0.1, 0.15) is 42.6 Å². The van der Waals surface area contributed by atoms with Crippen LogP contribution in [0, 0.1) is 17.6 Å². The van der Waals surface area contributed by atoms with Crippen LogP contribution in [0.25, 0.3) is 0 Å². The molecule has 2 bridgehead atoms. The van der Waals surface area contributed by atoms with E-state index in [1.807, 2.05) is 19.3 Å². The van der Waals surface area contributed by atoms with E-state index in [1.54, 1.807) is 12.1 Å². The van der Waals surface area contributed by atoms with Gasteiger partial charge in [-0.2, -0.15) is 0 Å². The van der Waals surface area contributed by atoms with E-state index in [0.29, 0.717) is 17.5 Å². The van der Waals surface area contributed by atoms with Gasteiger partial charge in [-0.1, -0.05) is 19.1 Å². The van der Waals surface area contributed by atoms with Gasteiger partial charge >= 0.3 is 0 Å². The molecule has 6 heteroatoms. The summed E-state index contributed by atoms with van der Waals surface area (Å²) in [7, 11) is 0. The lowest BCUT2D eigenvalue weighted by molar-refractivity contribution is -0.00893. The van der Waals surface area contributed by atoms with Gasteiger partial charge in [-0.05, 0) is 43.5 Å². The Balaban J connectivity index is 1.47. The Bertz CT molecular complexity index is 848. The molecule has 4 fully saturated rings. The van der Waals surface area contributed by atoms with E-state index in [4.69, 9.17) is 0 Å². The minimum atomic E-state index is -0.743. The van der Waals surface area contributed by atoms with Crippen LogP contribution >= 0.6 is 0 Å². The Morgan fingerprint density at radius 3 is 2.54 bits per heavy atom. The van der Waals surface area contributed by atoms with Crippen molar-refractivity contribution in [3.05, 3.63) is 59.2 Å². The lowest BCUT2D eigenvalue weighted by Gasteiger charge is -2.51. The number of aryl methyl sites for hydroxylation is 1. The van der Waals surface area contributed by atoms with Gasteiger partial charge in [-0.15, -0.1) is 0 Å². The molecule has 0 saturated carbocycles. The number of hydrogen-bond donors (Lipinski definition) is 0. The lowest BCUT2D eigenvalue weighted by atomic mass is 9.75. The maximum atomic E-state index is 14.7. The number of aromatic nitrogens is 2. The molecular weight excluding hydrogens is 358 g/mol. The van der Waals surface area contributed by atoms with Crippen LogP contribution < -0.4 is 0 Å². The van der Waals surface area contributed by atoms with Gasteiger partial charge in [0.05, 0.1) is 0 Å². The second-order valence-corrected chi connectivity index (χ2v) is 8.39. The minimum absolute atomic E-state index is 0.000339. The molecule has 0 radical (unpaired) electrons. The number of piperidine rings is 3. The zero-order chi connectivity index (χ0) is 19.3. The maximum absolute atomic E-state index is 14.7. The van der Waals surface area contributed by atoms with Crippen LogP contribution in [0.2, 0.25) is 0 Å². The summed E-state index contributed by atoms with van der Waals surface area (Å²) in [4.78, 5) is 13.9. The van der Waals surface area contributed by atoms with Crippen LogP contribution in [0.4, 0.5) is 8.78 Å².